The summed E-state index contributed by atoms with van der Waals surface area (Å²) in [6.45, 7) is 0.570. The molecule has 0 saturated carbocycles. The van der Waals surface area contributed by atoms with Crippen molar-refractivity contribution in [3.8, 4) is 5.75 Å². The Balaban J connectivity index is 2.22. The van der Waals surface area contributed by atoms with E-state index in [1.165, 1.54) is 6.07 Å². The molecule has 0 aromatic heterocycles. The summed E-state index contributed by atoms with van der Waals surface area (Å²) in [4.78, 5) is 23.1. The van der Waals surface area contributed by atoms with Crippen LogP contribution in [0, 0.1) is 5.82 Å². The monoisotopic (exact) mass is 309 g/mol. The number of hydrogen-bond donors (Lipinski definition) is 4. The molecular formula is C14H16FN3O4. The molecule has 2 rings (SSSR count). The van der Waals surface area contributed by atoms with Gasteiger partial charge in [0.15, 0.2) is 17.9 Å². The van der Waals surface area contributed by atoms with Crippen LogP contribution in [0.4, 0.5) is 10.1 Å². The van der Waals surface area contributed by atoms with Crippen molar-refractivity contribution in [3.63, 3.8) is 0 Å². The van der Waals surface area contributed by atoms with E-state index in [1.807, 2.05) is 0 Å². The smallest absolute Gasteiger partial charge is 0.254 e. The summed E-state index contributed by atoms with van der Waals surface area (Å²) in [5.41, 5.74) is 0.589. The molecule has 8 heteroatoms. The number of carbonyl (C=O) groups is 2. The van der Waals surface area contributed by atoms with Crippen molar-refractivity contribution in [2.45, 2.75) is 0 Å². The maximum Gasteiger partial charge on any atom is 0.254 e. The van der Waals surface area contributed by atoms with E-state index in [0.29, 0.717) is 25.1 Å². The largest absolute Gasteiger partial charge is 0.488 e. The van der Waals surface area contributed by atoms with Gasteiger partial charge in [-0.15, -0.1) is 0 Å². The standard InChI is InChI=1S/C14H16FN3O4/c15-11-3-9(7-20)12(4-13(11)22-2-1-19)18-14(21)10-5-16-8-17-6-10/h3-5,7,16-17,19H,1-2,6,8H2,(H,18,21). The molecule has 0 unspecified atom stereocenters. The lowest BCUT2D eigenvalue weighted by Gasteiger charge is -2.16. The number of aliphatic hydroxyl groups is 1. The van der Waals surface area contributed by atoms with Crippen molar-refractivity contribution < 1.29 is 23.8 Å². The molecule has 0 spiro atoms. The Morgan fingerprint density at radius 1 is 1.50 bits per heavy atom. The number of aliphatic hydroxyl groups excluding tert-OH is 1. The Hall–Kier alpha value is -2.45. The van der Waals surface area contributed by atoms with Crippen LogP contribution in [-0.2, 0) is 4.79 Å². The first-order chi connectivity index (χ1) is 10.7. The third kappa shape index (κ3) is 3.80. The molecule has 1 heterocycles. The second-order valence-electron chi connectivity index (χ2n) is 4.49. The second kappa shape index (κ2) is 7.53. The average Bonchev–Trinajstić information content (AvgIpc) is 2.55. The summed E-state index contributed by atoms with van der Waals surface area (Å²) in [6, 6.07) is 2.19. The highest BCUT2D eigenvalue weighted by Crippen LogP contribution is 2.26. The van der Waals surface area contributed by atoms with Gasteiger partial charge < -0.3 is 20.5 Å². The Bertz CT molecular complexity index is 604. The minimum atomic E-state index is -0.742. The molecule has 22 heavy (non-hydrogen) atoms. The average molecular weight is 309 g/mol. The Morgan fingerprint density at radius 3 is 2.95 bits per heavy atom. The fraction of sp³-hybridized carbons (Fsp3) is 0.286. The number of amides is 1. The molecule has 0 bridgehead atoms. The summed E-state index contributed by atoms with van der Waals surface area (Å²) in [5, 5.41) is 17.1. The van der Waals surface area contributed by atoms with Crippen LogP contribution < -0.4 is 20.7 Å². The molecule has 1 aliphatic rings. The first kappa shape index (κ1) is 15.9. The van der Waals surface area contributed by atoms with Crippen LogP contribution in [-0.4, -0.2) is 43.7 Å². The molecule has 4 N–H and O–H groups in total. The molecule has 118 valence electrons. The van der Waals surface area contributed by atoms with Gasteiger partial charge in [-0.05, 0) is 6.07 Å². The van der Waals surface area contributed by atoms with Gasteiger partial charge in [-0.3, -0.25) is 14.9 Å². The summed E-state index contributed by atoms with van der Waals surface area (Å²) in [6.07, 6.45) is 2.01. The number of hydrogen-bond acceptors (Lipinski definition) is 6. The van der Waals surface area contributed by atoms with E-state index in [0.717, 1.165) is 6.07 Å². The molecule has 0 aliphatic carbocycles. The Kier molecular flexibility index (Phi) is 5.45. The SMILES string of the molecule is O=Cc1cc(F)c(OCCO)cc1NC(=O)C1=CNCNC1. The van der Waals surface area contributed by atoms with E-state index in [1.54, 1.807) is 6.20 Å². The maximum absolute atomic E-state index is 13.7. The van der Waals surface area contributed by atoms with E-state index in [2.05, 4.69) is 16.0 Å². The highest BCUT2D eigenvalue weighted by atomic mass is 19.1. The molecule has 1 amide bonds. The van der Waals surface area contributed by atoms with Crippen molar-refractivity contribution in [1.82, 2.24) is 10.6 Å². The fourth-order valence-electron chi connectivity index (χ4n) is 1.88. The van der Waals surface area contributed by atoms with Gasteiger partial charge in [0.1, 0.15) is 6.61 Å². The molecule has 0 atom stereocenters. The number of ether oxygens (including phenoxy) is 1. The number of aldehydes is 1. The molecular weight excluding hydrogens is 293 g/mol. The molecule has 7 nitrogen and oxygen atoms in total. The van der Waals surface area contributed by atoms with Gasteiger partial charge in [0, 0.05) is 29.9 Å². The van der Waals surface area contributed by atoms with Crippen molar-refractivity contribution in [2.24, 2.45) is 0 Å². The van der Waals surface area contributed by atoms with Gasteiger partial charge in [-0.2, -0.15) is 0 Å². The summed E-state index contributed by atoms with van der Waals surface area (Å²) < 4.78 is 18.7. The van der Waals surface area contributed by atoms with Crippen LogP contribution in [0.5, 0.6) is 5.75 Å². The lowest BCUT2D eigenvalue weighted by Crippen LogP contribution is -2.36. The van der Waals surface area contributed by atoms with Crippen LogP contribution in [0.1, 0.15) is 10.4 Å². The normalized spacial score (nSPS) is 13.8. The van der Waals surface area contributed by atoms with Crippen LogP contribution in [0.25, 0.3) is 0 Å². The zero-order valence-corrected chi connectivity index (χ0v) is 11.7. The van der Waals surface area contributed by atoms with Gasteiger partial charge >= 0.3 is 0 Å². The van der Waals surface area contributed by atoms with Gasteiger partial charge in [-0.25, -0.2) is 4.39 Å². The number of carbonyl (C=O) groups excluding carboxylic acids is 2. The molecule has 1 aromatic rings. The van der Waals surface area contributed by atoms with Crippen LogP contribution >= 0.6 is 0 Å². The van der Waals surface area contributed by atoms with Crippen LogP contribution in [0.15, 0.2) is 23.9 Å². The fourth-order valence-corrected chi connectivity index (χ4v) is 1.88. The number of benzene rings is 1. The first-order valence-electron chi connectivity index (χ1n) is 6.62. The number of anilines is 1. The van der Waals surface area contributed by atoms with Gasteiger partial charge in [-0.1, -0.05) is 0 Å². The number of halogens is 1. The zero-order valence-electron chi connectivity index (χ0n) is 11.7. The molecule has 1 aromatic carbocycles. The second-order valence-corrected chi connectivity index (χ2v) is 4.49. The predicted octanol–water partition coefficient (Wildman–Crippen LogP) is -0.0180. The Morgan fingerprint density at radius 2 is 2.32 bits per heavy atom. The van der Waals surface area contributed by atoms with E-state index in [4.69, 9.17) is 9.84 Å². The van der Waals surface area contributed by atoms with Crippen LogP contribution in [0.2, 0.25) is 0 Å². The van der Waals surface area contributed by atoms with Gasteiger partial charge in [0.25, 0.3) is 5.91 Å². The topological polar surface area (TPSA) is 99.7 Å². The lowest BCUT2D eigenvalue weighted by atomic mass is 10.1. The van der Waals surface area contributed by atoms with Crippen molar-refractivity contribution in [2.75, 3.05) is 31.7 Å². The molecule has 0 saturated heterocycles. The van der Waals surface area contributed by atoms with Crippen LogP contribution in [0.3, 0.4) is 0 Å². The quantitative estimate of drug-likeness (QED) is 0.551. The zero-order chi connectivity index (χ0) is 15.9. The predicted molar refractivity (Wildman–Crippen MR) is 77.1 cm³/mol. The minimum Gasteiger partial charge on any atom is -0.488 e. The summed E-state index contributed by atoms with van der Waals surface area (Å²) in [7, 11) is 0. The van der Waals surface area contributed by atoms with Gasteiger partial charge in [0.2, 0.25) is 0 Å². The highest BCUT2D eigenvalue weighted by Gasteiger charge is 2.16. The maximum atomic E-state index is 13.7. The van der Waals surface area contributed by atoms with Gasteiger partial charge in [0.05, 0.1) is 19.0 Å². The van der Waals surface area contributed by atoms with E-state index in [-0.39, 0.29) is 30.2 Å². The number of rotatable bonds is 6. The molecule has 0 radical (unpaired) electrons. The van der Waals surface area contributed by atoms with Crippen molar-refractivity contribution >= 4 is 17.9 Å². The van der Waals surface area contributed by atoms with E-state index in [9.17, 15) is 14.0 Å². The van der Waals surface area contributed by atoms with Crippen molar-refractivity contribution in [1.29, 1.82) is 0 Å². The van der Waals surface area contributed by atoms with E-state index >= 15 is 0 Å². The number of nitrogens with one attached hydrogen (secondary N) is 3. The lowest BCUT2D eigenvalue weighted by molar-refractivity contribution is -0.113. The third-order valence-corrected chi connectivity index (χ3v) is 2.94. The summed E-state index contributed by atoms with van der Waals surface area (Å²) >= 11 is 0. The van der Waals surface area contributed by atoms with Crippen molar-refractivity contribution in [3.05, 3.63) is 35.3 Å². The highest BCUT2D eigenvalue weighted by molar-refractivity contribution is 6.06. The van der Waals surface area contributed by atoms with E-state index < -0.39 is 11.7 Å². The molecule has 0 fully saturated rings. The third-order valence-electron chi connectivity index (χ3n) is 2.94. The Labute approximate surface area is 126 Å². The molecule has 1 aliphatic heterocycles. The summed E-state index contributed by atoms with van der Waals surface area (Å²) in [5.74, 6) is -1.31. The minimum absolute atomic E-state index is 0.000439. The first-order valence-corrected chi connectivity index (χ1v) is 6.62.